The Balaban J connectivity index is 1.73. The van der Waals surface area contributed by atoms with Gasteiger partial charge >= 0.3 is 0 Å². The smallest absolute Gasteiger partial charge is 0.222 e. The monoisotopic (exact) mass is 291 g/mol. The standard InChI is InChI=1S/C17H17N5/c1-12-4-6-13(7-5-12)16-9-15(14-3-2-8-18-10-14)21-17-19-11-20-22(16)17/h2-8,10-11,15-16H,9H2,1H3,(H,19,20,21). The Morgan fingerprint density at radius 3 is 2.77 bits per heavy atom. The number of benzene rings is 1. The molecule has 1 aromatic carbocycles. The first kappa shape index (κ1) is 13.0. The molecule has 0 saturated carbocycles. The Bertz CT molecular complexity index is 763. The summed E-state index contributed by atoms with van der Waals surface area (Å²) in [5.74, 6) is 0.811. The van der Waals surface area contributed by atoms with Crippen LogP contribution in [0.4, 0.5) is 5.95 Å². The number of rotatable bonds is 2. The molecule has 1 aliphatic heterocycles. The molecule has 22 heavy (non-hydrogen) atoms. The van der Waals surface area contributed by atoms with Gasteiger partial charge in [-0.1, -0.05) is 35.9 Å². The molecule has 0 fully saturated rings. The van der Waals surface area contributed by atoms with Gasteiger partial charge in [-0.05, 0) is 30.5 Å². The van der Waals surface area contributed by atoms with Crippen LogP contribution in [0.2, 0.25) is 0 Å². The molecule has 3 aromatic rings. The number of pyridine rings is 1. The van der Waals surface area contributed by atoms with Crippen LogP contribution in [-0.2, 0) is 0 Å². The van der Waals surface area contributed by atoms with Crippen molar-refractivity contribution >= 4 is 5.95 Å². The Morgan fingerprint density at radius 2 is 2.00 bits per heavy atom. The highest BCUT2D eigenvalue weighted by atomic mass is 15.4. The molecule has 2 unspecified atom stereocenters. The lowest BCUT2D eigenvalue weighted by atomic mass is 9.94. The SMILES string of the molecule is Cc1ccc(C2CC(c3cccnc3)Nc3ncnn32)cc1. The van der Waals surface area contributed by atoms with Crippen LogP contribution in [-0.4, -0.2) is 19.7 Å². The number of aryl methyl sites for hydroxylation is 1. The van der Waals surface area contributed by atoms with Crippen LogP contribution in [0.15, 0.2) is 55.1 Å². The lowest BCUT2D eigenvalue weighted by Gasteiger charge is -2.31. The average Bonchev–Trinajstić information content (AvgIpc) is 3.04. The van der Waals surface area contributed by atoms with Gasteiger partial charge in [-0.15, -0.1) is 0 Å². The van der Waals surface area contributed by atoms with Crippen molar-refractivity contribution in [3.63, 3.8) is 0 Å². The molecule has 2 atom stereocenters. The minimum atomic E-state index is 0.185. The van der Waals surface area contributed by atoms with E-state index in [9.17, 15) is 0 Å². The highest BCUT2D eigenvalue weighted by Crippen LogP contribution is 2.36. The van der Waals surface area contributed by atoms with Gasteiger partial charge in [0.2, 0.25) is 5.95 Å². The largest absolute Gasteiger partial charge is 0.347 e. The number of aromatic nitrogens is 4. The Labute approximate surface area is 129 Å². The molecule has 5 nitrogen and oxygen atoms in total. The van der Waals surface area contributed by atoms with Gasteiger partial charge in [0.05, 0.1) is 12.1 Å². The van der Waals surface area contributed by atoms with E-state index in [2.05, 4.69) is 57.6 Å². The predicted molar refractivity (Wildman–Crippen MR) is 84.6 cm³/mol. The fourth-order valence-corrected chi connectivity index (χ4v) is 2.99. The normalized spacial score (nSPS) is 20.2. The van der Waals surface area contributed by atoms with Crippen LogP contribution in [0.3, 0.4) is 0 Å². The number of nitrogens with zero attached hydrogens (tertiary/aromatic N) is 4. The fourth-order valence-electron chi connectivity index (χ4n) is 2.99. The molecule has 0 spiro atoms. The Kier molecular flexibility index (Phi) is 3.11. The van der Waals surface area contributed by atoms with E-state index in [1.54, 1.807) is 12.5 Å². The highest BCUT2D eigenvalue weighted by molar-refractivity contribution is 5.37. The van der Waals surface area contributed by atoms with E-state index in [1.165, 1.54) is 16.7 Å². The molecular formula is C17H17N5. The molecule has 3 heterocycles. The minimum Gasteiger partial charge on any atom is -0.347 e. The van der Waals surface area contributed by atoms with E-state index >= 15 is 0 Å². The first-order chi connectivity index (χ1) is 10.8. The summed E-state index contributed by atoms with van der Waals surface area (Å²) in [5.41, 5.74) is 3.70. The van der Waals surface area contributed by atoms with Crippen molar-refractivity contribution in [2.45, 2.75) is 25.4 Å². The van der Waals surface area contributed by atoms with E-state index < -0.39 is 0 Å². The molecule has 1 N–H and O–H groups in total. The third kappa shape index (κ3) is 2.24. The van der Waals surface area contributed by atoms with Gasteiger partial charge in [0, 0.05) is 12.4 Å². The van der Waals surface area contributed by atoms with E-state index in [4.69, 9.17) is 0 Å². The summed E-state index contributed by atoms with van der Waals surface area (Å²) >= 11 is 0. The zero-order valence-electron chi connectivity index (χ0n) is 12.3. The molecule has 110 valence electrons. The van der Waals surface area contributed by atoms with Gasteiger partial charge in [0.15, 0.2) is 0 Å². The topological polar surface area (TPSA) is 55.6 Å². The Hall–Kier alpha value is -2.69. The van der Waals surface area contributed by atoms with Gasteiger partial charge in [0.1, 0.15) is 6.33 Å². The quantitative estimate of drug-likeness (QED) is 0.788. The van der Waals surface area contributed by atoms with Crippen molar-refractivity contribution < 1.29 is 0 Å². The van der Waals surface area contributed by atoms with Gasteiger partial charge in [-0.3, -0.25) is 4.98 Å². The fraction of sp³-hybridized carbons (Fsp3) is 0.235. The first-order valence-corrected chi connectivity index (χ1v) is 7.44. The molecular weight excluding hydrogens is 274 g/mol. The van der Waals surface area contributed by atoms with Crippen molar-refractivity contribution in [3.8, 4) is 0 Å². The second-order valence-electron chi connectivity index (χ2n) is 5.67. The van der Waals surface area contributed by atoms with Crippen molar-refractivity contribution in [1.82, 2.24) is 19.7 Å². The van der Waals surface area contributed by atoms with E-state index in [1.807, 2.05) is 16.9 Å². The zero-order valence-corrected chi connectivity index (χ0v) is 12.3. The molecule has 0 saturated heterocycles. The molecule has 4 rings (SSSR count). The maximum atomic E-state index is 4.39. The maximum absolute atomic E-state index is 4.39. The number of fused-ring (bicyclic) bond motifs is 1. The minimum absolute atomic E-state index is 0.185. The second-order valence-corrected chi connectivity index (χ2v) is 5.67. The summed E-state index contributed by atoms with van der Waals surface area (Å²) in [6.07, 6.45) is 6.24. The van der Waals surface area contributed by atoms with Gasteiger partial charge in [-0.2, -0.15) is 10.1 Å². The summed E-state index contributed by atoms with van der Waals surface area (Å²) < 4.78 is 1.97. The maximum Gasteiger partial charge on any atom is 0.222 e. The van der Waals surface area contributed by atoms with Crippen molar-refractivity contribution in [2.75, 3.05) is 5.32 Å². The first-order valence-electron chi connectivity index (χ1n) is 7.44. The lowest BCUT2D eigenvalue weighted by Crippen LogP contribution is -2.28. The molecule has 0 radical (unpaired) electrons. The average molecular weight is 291 g/mol. The van der Waals surface area contributed by atoms with Crippen LogP contribution < -0.4 is 5.32 Å². The summed E-state index contributed by atoms with van der Waals surface area (Å²) in [7, 11) is 0. The van der Waals surface area contributed by atoms with Crippen LogP contribution in [0, 0.1) is 6.92 Å². The van der Waals surface area contributed by atoms with Crippen LogP contribution >= 0.6 is 0 Å². The molecule has 1 aliphatic rings. The van der Waals surface area contributed by atoms with E-state index in [0.29, 0.717) is 0 Å². The molecule has 2 aromatic heterocycles. The summed E-state index contributed by atoms with van der Waals surface area (Å²) in [6, 6.07) is 13.1. The third-order valence-electron chi connectivity index (χ3n) is 4.18. The van der Waals surface area contributed by atoms with Crippen LogP contribution in [0.1, 0.15) is 35.2 Å². The van der Waals surface area contributed by atoms with Crippen molar-refractivity contribution in [2.24, 2.45) is 0 Å². The number of hydrogen-bond acceptors (Lipinski definition) is 4. The second kappa shape index (κ2) is 5.26. The van der Waals surface area contributed by atoms with Crippen molar-refractivity contribution in [3.05, 3.63) is 71.8 Å². The Morgan fingerprint density at radius 1 is 1.14 bits per heavy atom. The van der Waals surface area contributed by atoms with E-state index in [0.717, 1.165) is 12.4 Å². The third-order valence-corrected chi connectivity index (χ3v) is 4.18. The van der Waals surface area contributed by atoms with Gasteiger partial charge in [0.25, 0.3) is 0 Å². The molecule has 5 heteroatoms. The summed E-state index contributed by atoms with van der Waals surface area (Å²) in [6.45, 7) is 2.10. The molecule has 0 aliphatic carbocycles. The van der Waals surface area contributed by atoms with Crippen LogP contribution in [0.25, 0.3) is 0 Å². The summed E-state index contributed by atoms with van der Waals surface area (Å²) in [4.78, 5) is 8.58. The highest BCUT2D eigenvalue weighted by Gasteiger charge is 2.29. The molecule has 0 amide bonds. The lowest BCUT2D eigenvalue weighted by molar-refractivity contribution is 0.430. The zero-order chi connectivity index (χ0) is 14.9. The van der Waals surface area contributed by atoms with Crippen LogP contribution in [0.5, 0.6) is 0 Å². The van der Waals surface area contributed by atoms with Gasteiger partial charge in [-0.25, -0.2) is 4.68 Å². The molecule has 0 bridgehead atoms. The summed E-state index contributed by atoms with van der Waals surface area (Å²) in [5, 5.41) is 7.85. The number of nitrogens with one attached hydrogen (secondary N) is 1. The van der Waals surface area contributed by atoms with Crippen molar-refractivity contribution in [1.29, 1.82) is 0 Å². The van der Waals surface area contributed by atoms with E-state index in [-0.39, 0.29) is 12.1 Å². The predicted octanol–water partition coefficient (Wildman–Crippen LogP) is 3.13. The number of hydrogen-bond donors (Lipinski definition) is 1. The number of anilines is 1. The van der Waals surface area contributed by atoms with Gasteiger partial charge < -0.3 is 5.32 Å².